The molecule has 0 saturated carbocycles. The summed E-state index contributed by atoms with van der Waals surface area (Å²) in [5.41, 5.74) is 4.92. The number of hydrogen-bond acceptors (Lipinski definition) is 2. The molecule has 0 bridgehead atoms. The Hall–Kier alpha value is -2.82. The van der Waals surface area contributed by atoms with Crippen molar-refractivity contribution in [3.63, 3.8) is 0 Å². The zero-order chi connectivity index (χ0) is 16.7. The number of benzene rings is 2. The summed E-state index contributed by atoms with van der Waals surface area (Å²) in [4.78, 5) is 24.4. The number of rotatable bonds is 2. The lowest BCUT2D eigenvalue weighted by Crippen LogP contribution is -2.19. The van der Waals surface area contributed by atoms with E-state index in [-0.39, 0.29) is 11.6 Å². The van der Waals surface area contributed by atoms with Gasteiger partial charge in [-0.25, -0.2) is 4.79 Å². The van der Waals surface area contributed by atoms with Gasteiger partial charge in [-0.15, -0.1) is 0 Å². The maximum absolute atomic E-state index is 12.5. The lowest BCUT2D eigenvalue weighted by molar-refractivity contribution is 0.102. The van der Waals surface area contributed by atoms with Crippen molar-refractivity contribution in [1.29, 1.82) is 0 Å². The van der Waals surface area contributed by atoms with Gasteiger partial charge in [-0.2, -0.15) is 0 Å². The first-order chi connectivity index (χ1) is 10.9. The zero-order valence-corrected chi connectivity index (χ0v) is 13.7. The smallest absolute Gasteiger partial charge is 0.322 e. The van der Waals surface area contributed by atoms with Gasteiger partial charge in [0.05, 0.1) is 11.0 Å². The molecule has 1 aromatic heterocycles. The molecule has 0 fully saturated rings. The molecule has 0 atom stereocenters. The van der Waals surface area contributed by atoms with E-state index in [2.05, 4.69) is 5.32 Å². The molecule has 0 radical (unpaired) electrons. The minimum Gasteiger partial charge on any atom is -0.322 e. The van der Waals surface area contributed by atoms with Crippen LogP contribution in [0.1, 0.15) is 21.5 Å². The SMILES string of the molecule is Cc1ccc(C(=O)Nc2ccc3c(c2)n(C)c(=O)n3C)c(C)c1. The van der Waals surface area contributed by atoms with Gasteiger partial charge in [0, 0.05) is 25.3 Å². The van der Waals surface area contributed by atoms with Crippen LogP contribution in [0.3, 0.4) is 0 Å². The molecule has 0 unspecified atom stereocenters. The topological polar surface area (TPSA) is 56.0 Å². The third-order valence-electron chi connectivity index (χ3n) is 4.16. The Morgan fingerprint density at radius 3 is 2.35 bits per heavy atom. The molecule has 2 aromatic carbocycles. The lowest BCUT2D eigenvalue weighted by atomic mass is 10.1. The molecule has 0 saturated heterocycles. The summed E-state index contributed by atoms with van der Waals surface area (Å²) in [7, 11) is 3.46. The molecule has 118 valence electrons. The normalized spacial score (nSPS) is 11.0. The highest BCUT2D eigenvalue weighted by Gasteiger charge is 2.12. The molecule has 1 N–H and O–H groups in total. The summed E-state index contributed by atoms with van der Waals surface area (Å²) >= 11 is 0. The van der Waals surface area contributed by atoms with Crippen LogP contribution in [0.4, 0.5) is 5.69 Å². The fourth-order valence-corrected chi connectivity index (χ4v) is 2.85. The van der Waals surface area contributed by atoms with E-state index in [0.717, 1.165) is 22.2 Å². The number of aromatic nitrogens is 2. The van der Waals surface area contributed by atoms with Crippen molar-refractivity contribution in [2.45, 2.75) is 13.8 Å². The van der Waals surface area contributed by atoms with E-state index in [0.29, 0.717) is 11.3 Å². The molecule has 0 spiro atoms. The number of hydrogen-bond donors (Lipinski definition) is 1. The molecule has 0 aliphatic heterocycles. The highest BCUT2D eigenvalue weighted by molar-refractivity contribution is 6.06. The molecule has 3 rings (SSSR count). The third kappa shape index (κ3) is 2.54. The van der Waals surface area contributed by atoms with Gasteiger partial charge >= 0.3 is 5.69 Å². The number of amides is 1. The summed E-state index contributed by atoms with van der Waals surface area (Å²) in [6, 6.07) is 11.2. The zero-order valence-electron chi connectivity index (χ0n) is 13.7. The lowest BCUT2D eigenvalue weighted by Gasteiger charge is -2.09. The predicted molar refractivity (Wildman–Crippen MR) is 92.0 cm³/mol. The van der Waals surface area contributed by atoms with Crippen LogP contribution >= 0.6 is 0 Å². The second-order valence-corrected chi connectivity index (χ2v) is 5.88. The van der Waals surface area contributed by atoms with Gasteiger partial charge in [0.1, 0.15) is 0 Å². The summed E-state index contributed by atoms with van der Waals surface area (Å²) in [6.45, 7) is 3.92. The number of fused-ring (bicyclic) bond motifs is 1. The van der Waals surface area contributed by atoms with E-state index in [9.17, 15) is 9.59 Å². The highest BCUT2D eigenvalue weighted by atomic mass is 16.2. The monoisotopic (exact) mass is 309 g/mol. The first-order valence-electron chi connectivity index (χ1n) is 7.42. The largest absolute Gasteiger partial charge is 0.328 e. The molecule has 1 amide bonds. The van der Waals surface area contributed by atoms with Gasteiger partial charge in [0.15, 0.2) is 0 Å². The molecule has 5 nitrogen and oxygen atoms in total. The highest BCUT2D eigenvalue weighted by Crippen LogP contribution is 2.19. The molecule has 0 aliphatic rings. The number of nitrogens with one attached hydrogen (secondary N) is 1. The molecule has 1 heterocycles. The van der Waals surface area contributed by atoms with Crippen LogP contribution in [0, 0.1) is 13.8 Å². The number of aryl methyl sites for hydroxylation is 4. The van der Waals surface area contributed by atoms with Crippen molar-refractivity contribution in [3.05, 3.63) is 63.6 Å². The van der Waals surface area contributed by atoms with E-state index in [4.69, 9.17) is 0 Å². The minimum absolute atomic E-state index is 0.0853. The van der Waals surface area contributed by atoms with Gasteiger partial charge in [-0.3, -0.25) is 13.9 Å². The van der Waals surface area contributed by atoms with Crippen LogP contribution in [0.15, 0.2) is 41.2 Å². The Bertz CT molecular complexity index is 980. The van der Waals surface area contributed by atoms with Crippen LogP contribution in [-0.4, -0.2) is 15.0 Å². The fraction of sp³-hybridized carbons (Fsp3) is 0.222. The Morgan fingerprint density at radius 1 is 0.957 bits per heavy atom. The van der Waals surface area contributed by atoms with E-state index in [1.54, 1.807) is 23.2 Å². The maximum Gasteiger partial charge on any atom is 0.328 e. The van der Waals surface area contributed by atoms with Crippen molar-refractivity contribution in [1.82, 2.24) is 9.13 Å². The Morgan fingerprint density at radius 2 is 1.65 bits per heavy atom. The average Bonchev–Trinajstić information content (AvgIpc) is 2.72. The second kappa shape index (κ2) is 5.43. The Kier molecular flexibility index (Phi) is 3.56. The van der Waals surface area contributed by atoms with Gasteiger partial charge in [-0.05, 0) is 43.7 Å². The molecule has 0 aliphatic carbocycles. The van der Waals surface area contributed by atoms with E-state index in [1.165, 1.54) is 0 Å². The first kappa shape index (κ1) is 15.1. The van der Waals surface area contributed by atoms with E-state index in [1.807, 2.05) is 50.2 Å². The van der Waals surface area contributed by atoms with Gasteiger partial charge in [0.2, 0.25) is 0 Å². The van der Waals surface area contributed by atoms with Gasteiger partial charge in [-0.1, -0.05) is 17.7 Å². The van der Waals surface area contributed by atoms with Gasteiger partial charge < -0.3 is 5.32 Å². The van der Waals surface area contributed by atoms with Crippen LogP contribution in [0.25, 0.3) is 11.0 Å². The average molecular weight is 309 g/mol. The number of imidazole rings is 1. The predicted octanol–water partition coefficient (Wildman–Crippen LogP) is 2.75. The molecule has 23 heavy (non-hydrogen) atoms. The first-order valence-corrected chi connectivity index (χ1v) is 7.42. The summed E-state index contributed by atoms with van der Waals surface area (Å²) < 4.78 is 3.16. The van der Waals surface area contributed by atoms with Crippen LogP contribution in [-0.2, 0) is 14.1 Å². The molecular weight excluding hydrogens is 290 g/mol. The fourth-order valence-electron chi connectivity index (χ4n) is 2.85. The number of carbonyl (C=O) groups excluding carboxylic acids is 1. The molecular formula is C18H19N3O2. The summed E-state index contributed by atoms with van der Waals surface area (Å²) in [5, 5.41) is 2.90. The summed E-state index contributed by atoms with van der Waals surface area (Å²) in [6.07, 6.45) is 0. The minimum atomic E-state index is -0.150. The van der Waals surface area contributed by atoms with Crippen LogP contribution < -0.4 is 11.0 Å². The van der Waals surface area contributed by atoms with Crippen LogP contribution in [0.2, 0.25) is 0 Å². The number of nitrogens with zero attached hydrogens (tertiary/aromatic N) is 2. The summed E-state index contributed by atoms with van der Waals surface area (Å²) in [5.74, 6) is -0.150. The van der Waals surface area contributed by atoms with Gasteiger partial charge in [0.25, 0.3) is 5.91 Å². The number of anilines is 1. The second-order valence-electron chi connectivity index (χ2n) is 5.88. The van der Waals surface area contributed by atoms with Crippen LogP contribution in [0.5, 0.6) is 0 Å². The van der Waals surface area contributed by atoms with E-state index < -0.39 is 0 Å². The van der Waals surface area contributed by atoms with Crippen molar-refractivity contribution in [2.75, 3.05) is 5.32 Å². The van der Waals surface area contributed by atoms with Crippen molar-refractivity contribution in [3.8, 4) is 0 Å². The molecule has 5 heteroatoms. The standard InChI is InChI=1S/C18H19N3O2/c1-11-5-7-14(12(2)9-11)17(22)19-13-6-8-15-16(10-13)21(4)18(23)20(15)3/h5-10H,1-4H3,(H,19,22). The molecule has 3 aromatic rings. The Balaban J connectivity index is 1.97. The van der Waals surface area contributed by atoms with Crippen molar-refractivity contribution < 1.29 is 4.79 Å². The third-order valence-corrected chi connectivity index (χ3v) is 4.16. The van der Waals surface area contributed by atoms with Crippen molar-refractivity contribution in [2.24, 2.45) is 14.1 Å². The Labute approximate surface area is 134 Å². The number of carbonyl (C=O) groups is 1. The maximum atomic E-state index is 12.5. The quantitative estimate of drug-likeness (QED) is 0.791. The van der Waals surface area contributed by atoms with E-state index >= 15 is 0 Å². The van der Waals surface area contributed by atoms with Crippen molar-refractivity contribution >= 4 is 22.6 Å².